The minimum atomic E-state index is 0.137. The van der Waals surface area contributed by atoms with Gasteiger partial charge in [-0.25, -0.2) is 0 Å². The molecule has 2 rings (SSSR count). The van der Waals surface area contributed by atoms with Gasteiger partial charge in [0.1, 0.15) is 0 Å². The van der Waals surface area contributed by atoms with Crippen LogP contribution < -0.4 is 0 Å². The summed E-state index contributed by atoms with van der Waals surface area (Å²) in [5.41, 5.74) is 2.32. The van der Waals surface area contributed by atoms with Crippen LogP contribution in [0.4, 0.5) is 0 Å². The van der Waals surface area contributed by atoms with Gasteiger partial charge in [-0.15, -0.1) is 0 Å². The lowest BCUT2D eigenvalue weighted by atomic mass is 10.1. The van der Waals surface area contributed by atoms with E-state index < -0.39 is 0 Å². The molecule has 1 aromatic carbocycles. The summed E-state index contributed by atoms with van der Waals surface area (Å²) in [4.78, 5) is 13.6. The van der Waals surface area contributed by atoms with Crippen molar-refractivity contribution >= 4 is 12.0 Å². The van der Waals surface area contributed by atoms with Gasteiger partial charge in [-0.1, -0.05) is 29.8 Å². The van der Waals surface area contributed by atoms with E-state index in [-0.39, 0.29) is 5.91 Å². The van der Waals surface area contributed by atoms with Crippen LogP contribution in [0.5, 0.6) is 0 Å². The van der Waals surface area contributed by atoms with E-state index in [4.69, 9.17) is 0 Å². The molecule has 0 N–H and O–H groups in total. The van der Waals surface area contributed by atoms with E-state index in [0.717, 1.165) is 31.5 Å². The summed E-state index contributed by atoms with van der Waals surface area (Å²) < 4.78 is 0. The van der Waals surface area contributed by atoms with Crippen molar-refractivity contribution in [2.24, 2.45) is 0 Å². The van der Waals surface area contributed by atoms with Crippen LogP contribution in [-0.2, 0) is 4.79 Å². The third-order valence-electron chi connectivity index (χ3n) is 2.91. The second kappa shape index (κ2) is 4.97. The first-order valence-corrected chi connectivity index (χ1v) is 5.79. The van der Waals surface area contributed by atoms with Gasteiger partial charge in [0.2, 0.25) is 5.91 Å². The average Bonchev–Trinajstić information content (AvgIpc) is 2.81. The molecule has 0 aliphatic carbocycles. The van der Waals surface area contributed by atoms with Crippen LogP contribution in [0.25, 0.3) is 6.08 Å². The topological polar surface area (TPSA) is 20.3 Å². The molecular formula is C14H17NO. The van der Waals surface area contributed by atoms with Crippen LogP contribution in [-0.4, -0.2) is 23.9 Å². The molecule has 0 unspecified atom stereocenters. The van der Waals surface area contributed by atoms with Crippen molar-refractivity contribution in [3.63, 3.8) is 0 Å². The predicted octanol–water partition coefficient (Wildman–Crippen LogP) is 2.63. The molecule has 0 spiro atoms. The molecule has 0 bridgehead atoms. The molecule has 1 fully saturated rings. The van der Waals surface area contributed by atoms with Crippen LogP contribution in [0.1, 0.15) is 24.0 Å². The van der Waals surface area contributed by atoms with Gasteiger partial charge in [-0.05, 0) is 31.4 Å². The summed E-state index contributed by atoms with van der Waals surface area (Å²) in [6.45, 7) is 3.89. The zero-order chi connectivity index (χ0) is 11.4. The number of likely N-dealkylation sites (tertiary alicyclic amines) is 1. The smallest absolute Gasteiger partial charge is 0.246 e. The highest BCUT2D eigenvalue weighted by molar-refractivity contribution is 5.91. The number of benzene rings is 1. The highest BCUT2D eigenvalue weighted by Crippen LogP contribution is 2.09. The number of nitrogens with zero attached hydrogens (tertiary/aromatic N) is 1. The first-order valence-electron chi connectivity index (χ1n) is 5.79. The van der Waals surface area contributed by atoms with Crippen LogP contribution in [0.2, 0.25) is 0 Å². The van der Waals surface area contributed by atoms with Crippen LogP contribution in [0, 0.1) is 6.92 Å². The summed E-state index contributed by atoms with van der Waals surface area (Å²) in [6.07, 6.45) is 5.85. The fourth-order valence-corrected chi connectivity index (χ4v) is 1.89. The Labute approximate surface area is 96.6 Å². The first kappa shape index (κ1) is 10.9. The van der Waals surface area contributed by atoms with E-state index in [1.807, 2.05) is 23.1 Å². The van der Waals surface area contributed by atoms with Crippen molar-refractivity contribution < 1.29 is 4.79 Å². The minimum absolute atomic E-state index is 0.137. The van der Waals surface area contributed by atoms with Crippen LogP contribution in [0.15, 0.2) is 30.3 Å². The fraction of sp³-hybridized carbons (Fsp3) is 0.357. The van der Waals surface area contributed by atoms with Gasteiger partial charge >= 0.3 is 0 Å². The second-order valence-electron chi connectivity index (χ2n) is 4.28. The Morgan fingerprint density at radius 3 is 2.44 bits per heavy atom. The molecule has 1 aromatic rings. The van der Waals surface area contributed by atoms with E-state index in [9.17, 15) is 4.79 Å². The van der Waals surface area contributed by atoms with E-state index in [0.29, 0.717) is 0 Å². The summed E-state index contributed by atoms with van der Waals surface area (Å²) in [7, 11) is 0. The van der Waals surface area contributed by atoms with Crippen molar-refractivity contribution in [3.05, 3.63) is 41.5 Å². The van der Waals surface area contributed by atoms with E-state index in [1.165, 1.54) is 5.56 Å². The molecule has 0 saturated carbocycles. The maximum absolute atomic E-state index is 11.7. The lowest BCUT2D eigenvalue weighted by Crippen LogP contribution is -2.25. The van der Waals surface area contributed by atoms with E-state index in [1.54, 1.807) is 6.08 Å². The molecule has 84 valence electrons. The quantitative estimate of drug-likeness (QED) is 0.694. The standard InChI is InChI=1S/C14H17NO/c1-12-4-6-13(7-5-12)8-9-14(16)15-10-2-3-11-15/h4-9H,2-3,10-11H2,1H3/b9-8-. The Kier molecular flexibility index (Phi) is 3.40. The highest BCUT2D eigenvalue weighted by atomic mass is 16.2. The zero-order valence-corrected chi connectivity index (χ0v) is 9.65. The zero-order valence-electron chi connectivity index (χ0n) is 9.65. The van der Waals surface area contributed by atoms with E-state index >= 15 is 0 Å². The largest absolute Gasteiger partial charge is 0.339 e. The van der Waals surface area contributed by atoms with Crippen molar-refractivity contribution in [3.8, 4) is 0 Å². The van der Waals surface area contributed by atoms with Crippen LogP contribution in [0.3, 0.4) is 0 Å². The Hall–Kier alpha value is -1.57. The molecule has 1 heterocycles. The normalized spacial score (nSPS) is 15.9. The Balaban J connectivity index is 1.97. The number of aryl methyl sites for hydroxylation is 1. The fourth-order valence-electron chi connectivity index (χ4n) is 1.89. The Morgan fingerprint density at radius 2 is 1.81 bits per heavy atom. The molecule has 2 heteroatoms. The van der Waals surface area contributed by atoms with Gasteiger partial charge in [-0.2, -0.15) is 0 Å². The Bertz CT molecular complexity index is 386. The monoisotopic (exact) mass is 215 g/mol. The molecule has 1 amide bonds. The van der Waals surface area contributed by atoms with Gasteiger partial charge in [0.25, 0.3) is 0 Å². The maximum Gasteiger partial charge on any atom is 0.246 e. The van der Waals surface area contributed by atoms with Crippen molar-refractivity contribution in [1.82, 2.24) is 4.90 Å². The molecule has 1 aliphatic rings. The van der Waals surface area contributed by atoms with Gasteiger partial charge < -0.3 is 4.90 Å². The lowest BCUT2D eigenvalue weighted by molar-refractivity contribution is -0.124. The van der Waals surface area contributed by atoms with Crippen LogP contribution >= 0.6 is 0 Å². The molecule has 0 radical (unpaired) electrons. The summed E-state index contributed by atoms with van der Waals surface area (Å²) in [6, 6.07) is 8.17. The predicted molar refractivity (Wildman–Crippen MR) is 66.0 cm³/mol. The SMILES string of the molecule is Cc1ccc(/C=C\C(=O)N2CCCC2)cc1. The van der Waals surface area contributed by atoms with Crippen molar-refractivity contribution in [2.45, 2.75) is 19.8 Å². The molecule has 1 saturated heterocycles. The third-order valence-corrected chi connectivity index (χ3v) is 2.91. The number of hydrogen-bond donors (Lipinski definition) is 0. The van der Waals surface area contributed by atoms with Gasteiger partial charge in [0, 0.05) is 19.2 Å². The molecule has 2 nitrogen and oxygen atoms in total. The van der Waals surface area contributed by atoms with Gasteiger partial charge in [0.05, 0.1) is 0 Å². The number of rotatable bonds is 2. The molecular weight excluding hydrogens is 198 g/mol. The Morgan fingerprint density at radius 1 is 1.19 bits per heavy atom. The van der Waals surface area contributed by atoms with Gasteiger partial charge in [-0.3, -0.25) is 4.79 Å². The molecule has 0 atom stereocenters. The molecule has 0 aromatic heterocycles. The summed E-state index contributed by atoms with van der Waals surface area (Å²) in [5, 5.41) is 0. The second-order valence-corrected chi connectivity index (χ2v) is 4.28. The van der Waals surface area contributed by atoms with Crippen molar-refractivity contribution in [2.75, 3.05) is 13.1 Å². The number of hydrogen-bond acceptors (Lipinski definition) is 1. The summed E-state index contributed by atoms with van der Waals surface area (Å²) in [5.74, 6) is 0.137. The molecule has 16 heavy (non-hydrogen) atoms. The maximum atomic E-state index is 11.7. The average molecular weight is 215 g/mol. The minimum Gasteiger partial charge on any atom is -0.339 e. The first-order chi connectivity index (χ1) is 7.75. The number of carbonyl (C=O) groups excluding carboxylic acids is 1. The van der Waals surface area contributed by atoms with Crippen molar-refractivity contribution in [1.29, 1.82) is 0 Å². The van der Waals surface area contributed by atoms with Gasteiger partial charge in [0.15, 0.2) is 0 Å². The number of carbonyl (C=O) groups is 1. The lowest BCUT2D eigenvalue weighted by Gasteiger charge is -2.11. The third kappa shape index (κ3) is 2.72. The number of amides is 1. The van der Waals surface area contributed by atoms with E-state index in [2.05, 4.69) is 19.1 Å². The highest BCUT2D eigenvalue weighted by Gasteiger charge is 2.14. The summed E-state index contributed by atoms with van der Waals surface area (Å²) >= 11 is 0. The molecule has 1 aliphatic heterocycles.